The van der Waals surface area contributed by atoms with Gasteiger partial charge in [0.2, 0.25) is 0 Å². The number of hydrogen-bond donors (Lipinski definition) is 2. The van der Waals surface area contributed by atoms with Gasteiger partial charge in [-0.1, -0.05) is 50.8 Å². The molecule has 2 amide bonds. The van der Waals surface area contributed by atoms with Crippen LogP contribution in [-0.2, 0) is 9.59 Å². The molecule has 26 heavy (non-hydrogen) atoms. The fourth-order valence-corrected chi connectivity index (χ4v) is 5.79. The van der Waals surface area contributed by atoms with Gasteiger partial charge in [0, 0.05) is 23.8 Å². The third kappa shape index (κ3) is 7.51. The Morgan fingerprint density at radius 1 is 1.08 bits per heavy atom. The van der Waals surface area contributed by atoms with E-state index in [1.54, 1.807) is 0 Å². The monoisotopic (exact) mass is 400 g/mol. The van der Waals surface area contributed by atoms with Crippen LogP contribution in [0.2, 0.25) is 0 Å². The predicted octanol–water partition coefficient (Wildman–Crippen LogP) is 3.90. The first-order valence-corrected chi connectivity index (χ1v) is 12.0. The Morgan fingerprint density at radius 2 is 1.85 bits per heavy atom. The van der Waals surface area contributed by atoms with E-state index < -0.39 is 0 Å². The first-order valence-electron chi connectivity index (χ1n) is 9.96. The highest BCUT2D eigenvalue weighted by Gasteiger charge is 2.42. The lowest BCUT2D eigenvalue weighted by Crippen LogP contribution is -2.36. The van der Waals surface area contributed by atoms with Crippen molar-refractivity contribution in [3.8, 4) is 0 Å². The van der Waals surface area contributed by atoms with Gasteiger partial charge in [-0.25, -0.2) is 4.79 Å². The van der Waals surface area contributed by atoms with E-state index in [-0.39, 0.29) is 29.0 Å². The number of fused-ring (bicyclic) bond motifs is 1. The molecular formula is C19H32N2O3S2. The van der Waals surface area contributed by atoms with Gasteiger partial charge in [-0.2, -0.15) is 11.8 Å². The number of carbonyl (C=O) groups is 3. The second kappa shape index (κ2) is 11.9. The summed E-state index contributed by atoms with van der Waals surface area (Å²) in [5, 5.41) is 6.53. The van der Waals surface area contributed by atoms with Gasteiger partial charge < -0.3 is 10.6 Å². The molecule has 0 aliphatic carbocycles. The number of hydrogen-bond acceptors (Lipinski definition) is 5. The summed E-state index contributed by atoms with van der Waals surface area (Å²) in [4.78, 5) is 35.1. The number of Topliss-reactive ketones (excluding diaryl/α,β-unsaturated/α-hetero) is 1. The van der Waals surface area contributed by atoms with Crippen LogP contribution in [0.15, 0.2) is 0 Å². The molecule has 0 radical (unpaired) electrons. The maximum atomic E-state index is 11.9. The second-order valence-electron chi connectivity index (χ2n) is 7.23. The van der Waals surface area contributed by atoms with Crippen molar-refractivity contribution in [1.29, 1.82) is 0 Å². The van der Waals surface area contributed by atoms with Crippen molar-refractivity contribution in [3.63, 3.8) is 0 Å². The fourth-order valence-electron chi connectivity index (χ4n) is 3.49. The highest BCUT2D eigenvalue weighted by molar-refractivity contribution is 8.14. The molecular weight excluding hydrogens is 368 g/mol. The molecule has 3 atom stereocenters. The van der Waals surface area contributed by atoms with Crippen LogP contribution in [0.5, 0.6) is 0 Å². The Kier molecular flexibility index (Phi) is 9.89. The molecule has 2 aliphatic heterocycles. The molecule has 0 aromatic heterocycles. The molecule has 0 aromatic carbocycles. The van der Waals surface area contributed by atoms with Crippen LogP contribution in [0.1, 0.15) is 71.1 Å². The van der Waals surface area contributed by atoms with Gasteiger partial charge in [0.25, 0.3) is 0 Å². The molecule has 2 rings (SSSR count). The molecule has 0 bridgehead atoms. The molecule has 2 heterocycles. The summed E-state index contributed by atoms with van der Waals surface area (Å²) in [5.41, 5.74) is 0. The number of rotatable bonds is 13. The van der Waals surface area contributed by atoms with Crippen molar-refractivity contribution >= 4 is 40.5 Å². The molecule has 0 saturated carbocycles. The molecule has 2 saturated heterocycles. The summed E-state index contributed by atoms with van der Waals surface area (Å²) in [6, 6.07) is 0.460. The third-order valence-corrected chi connectivity index (χ3v) is 7.51. The van der Waals surface area contributed by atoms with Crippen molar-refractivity contribution in [2.24, 2.45) is 0 Å². The molecule has 148 valence electrons. The SMILES string of the molecule is CCCCCCCC(=O)CSC(=O)CCCC[C@@H]1SC[C@@H]2NC(=O)N[C@@H]21. The summed E-state index contributed by atoms with van der Waals surface area (Å²) < 4.78 is 0. The second-order valence-corrected chi connectivity index (χ2v) is 9.54. The molecule has 0 aromatic rings. The largest absolute Gasteiger partial charge is 0.332 e. The minimum atomic E-state index is -0.0492. The zero-order valence-electron chi connectivity index (χ0n) is 15.8. The number of carbonyl (C=O) groups excluding carboxylic acids is 3. The summed E-state index contributed by atoms with van der Waals surface area (Å²) >= 11 is 3.10. The van der Waals surface area contributed by atoms with E-state index in [2.05, 4.69) is 17.6 Å². The fraction of sp³-hybridized carbons (Fsp3) is 0.842. The van der Waals surface area contributed by atoms with Crippen LogP contribution in [0, 0.1) is 0 Å². The Bertz CT molecular complexity index is 487. The maximum Gasteiger partial charge on any atom is 0.315 e. The van der Waals surface area contributed by atoms with Crippen LogP contribution in [0.25, 0.3) is 0 Å². The number of nitrogens with one attached hydrogen (secondary N) is 2. The van der Waals surface area contributed by atoms with E-state index in [0.29, 0.717) is 23.8 Å². The first-order chi connectivity index (χ1) is 12.6. The molecule has 5 nitrogen and oxygen atoms in total. The van der Waals surface area contributed by atoms with Gasteiger partial charge in [-0.3, -0.25) is 9.59 Å². The van der Waals surface area contributed by atoms with Gasteiger partial charge in [0.15, 0.2) is 5.12 Å². The molecule has 0 unspecified atom stereocenters. The third-order valence-electron chi connectivity index (χ3n) is 5.01. The van der Waals surface area contributed by atoms with Crippen LogP contribution in [-0.4, -0.2) is 45.8 Å². The van der Waals surface area contributed by atoms with E-state index in [9.17, 15) is 14.4 Å². The van der Waals surface area contributed by atoms with Gasteiger partial charge >= 0.3 is 6.03 Å². The van der Waals surface area contributed by atoms with E-state index in [4.69, 9.17) is 0 Å². The van der Waals surface area contributed by atoms with E-state index in [0.717, 1.165) is 37.9 Å². The smallest absolute Gasteiger partial charge is 0.315 e. The Balaban J connectivity index is 1.46. The van der Waals surface area contributed by atoms with Crippen LogP contribution < -0.4 is 10.6 Å². The normalized spacial score (nSPS) is 24.2. The number of amides is 2. The van der Waals surface area contributed by atoms with E-state index in [1.165, 1.54) is 31.0 Å². The predicted molar refractivity (Wildman–Crippen MR) is 110 cm³/mol. The average molecular weight is 401 g/mol. The number of unbranched alkanes of at least 4 members (excludes halogenated alkanes) is 5. The Hall–Kier alpha value is -0.690. The molecule has 2 N–H and O–H groups in total. The number of thioether (sulfide) groups is 2. The van der Waals surface area contributed by atoms with E-state index in [1.807, 2.05) is 11.8 Å². The van der Waals surface area contributed by atoms with Crippen LogP contribution in [0.3, 0.4) is 0 Å². The van der Waals surface area contributed by atoms with Crippen molar-refractivity contribution in [3.05, 3.63) is 0 Å². The highest BCUT2D eigenvalue weighted by Crippen LogP contribution is 2.33. The summed E-state index contributed by atoms with van der Waals surface area (Å²) in [6.45, 7) is 2.18. The standard InChI is InChI=1S/C19H32N2O3S2/c1-2-3-4-5-6-9-14(22)12-26-17(23)11-8-7-10-16-18-15(13-25-16)20-19(24)21-18/h15-16,18H,2-13H2,1H3,(H2,20,21,24)/t15-,16-,18-/m0/s1. The van der Waals surface area contributed by atoms with Crippen molar-refractivity contribution in [1.82, 2.24) is 10.6 Å². The first kappa shape index (κ1) is 21.6. The lowest BCUT2D eigenvalue weighted by molar-refractivity contribution is -0.117. The quantitative estimate of drug-likeness (QED) is 0.362. The van der Waals surface area contributed by atoms with Gasteiger partial charge in [0.1, 0.15) is 5.78 Å². The minimum Gasteiger partial charge on any atom is -0.332 e. The lowest BCUT2D eigenvalue weighted by Gasteiger charge is -2.16. The zero-order valence-corrected chi connectivity index (χ0v) is 17.4. The maximum absolute atomic E-state index is 11.9. The van der Waals surface area contributed by atoms with Gasteiger partial charge in [-0.05, 0) is 19.3 Å². The minimum absolute atomic E-state index is 0.0492. The van der Waals surface area contributed by atoms with Gasteiger partial charge in [-0.15, -0.1) is 0 Å². The Morgan fingerprint density at radius 3 is 2.65 bits per heavy atom. The van der Waals surface area contributed by atoms with E-state index >= 15 is 0 Å². The molecule has 2 aliphatic rings. The number of urea groups is 1. The highest BCUT2D eigenvalue weighted by atomic mass is 32.2. The lowest BCUT2D eigenvalue weighted by atomic mass is 10.0. The van der Waals surface area contributed by atoms with Crippen molar-refractivity contribution in [2.75, 3.05) is 11.5 Å². The summed E-state index contributed by atoms with van der Waals surface area (Å²) in [5.74, 6) is 1.52. The Labute approximate surface area is 165 Å². The summed E-state index contributed by atoms with van der Waals surface area (Å²) in [7, 11) is 0. The number of ketones is 1. The summed E-state index contributed by atoms with van der Waals surface area (Å²) in [6.07, 6.45) is 9.79. The topological polar surface area (TPSA) is 75.3 Å². The molecule has 2 fully saturated rings. The average Bonchev–Trinajstić information content (AvgIpc) is 3.16. The molecule has 7 heteroatoms. The van der Waals surface area contributed by atoms with Crippen molar-refractivity contribution < 1.29 is 14.4 Å². The molecule has 0 spiro atoms. The zero-order chi connectivity index (χ0) is 18.8. The van der Waals surface area contributed by atoms with Crippen molar-refractivity contribution in [2.45, 2.75) is 88.5 Å². The van der Waals surface area contributed by atoms with Gasteiger partial charge in [0.05, 0.1) is 17.8 Å². The van der Waals surface area contributed by atoms with Crippen LogP contribution >= 0.6 is 23.5 Å². The van der Waals surface area contributed by atoms with Crippen LogP contribution in [0.4, 0.5) is 4.79 Å².